The second-order valence-electron chi connectivity index (χ2n) is 10.3. The predicted octanol–water partition coefficient (Wildman–Crippen LogP) is -0.260. The molecule has 0 saturated heterocycles. The number of phenols is 1. The minimum Gasteiger partial charge on any atom is -0.508 e. The van der Waals surface area contributed by atoms with Gasteiger partial charge in [-0.3, -0.25) is 28.4 Å². The van der Waals surface area contributed by atoms with E-state index in [1.54, 1.807) is 20.2 Å². The second kappa shape index (κ2) is 10.9. The van der Waals surface area contributed by atoms with E-state index in [0.717, 1.165) is 0 Å². The van der Waals surface area contributed by atoms with Gasteiger partial charge in [-0.1, -0.05) is 0 Å². The van der Waals surface area contributed by atoms with Crippen LogP contribution in [0.4, 0.5) is 11.4 Å². The summed E-state index contributed by atoms with van der Waals surface area (Å²) in [6, 6.07) is 0.505. The molecule has 1 amide bonds. The maximum Gasteiger partial charge on any atom is 0.394 e. The van der Waals surface area contributed by atoms with Gasteiger partial charge in [-0.05, 0) is 58.3 Å². The largest absolute Gasteiger partial charge is 0.508 e. The zero-order valence-electron chi connectivity index (χ0n) is 22.8. The van der Waals surface area contributed by atoms with E-state index in [1.165, 1.54) is 4.90 Å². The lowest BCUT2D eigenvalue weighted by Crippen LogP contribution is -2.65. The molecule has 0 spiro atoms. The average molecular weight is 599 g/mol. The molecule has 1 aromatic rings. The Morgan fingerprint density at radius 2 is 1.66 bits per heavy atom. The Morgan fingerprint density at radius 3 is 2.12 bits per heavy atom. The summed E-state index contributed by atoms with van der Waals surface area (Å²) in [5, 5.41) is 44.6. The van der Waals surface area contributed by atoms with Gasteiger partial charge >= 0.3 is 10.4 Å². The molecule has 1 fully saturated rings. The molecule has 0 heterocycles. The number of primary amides is 1. The number of phenolic OH excluding ortho intramolecular Hbond substituents is 1. The number of nitrogens with zero attached hydrogens (tertiary/aromatic N) is 2. The van der Waals surface area contributed by atoms with E-state index >= 15 is 0 Å². The summed E-state index contributed by atoms with van der Waals surface area (Å²) in [7, 11) is -1.54. The first-order chi connectivity index (χ1) is 18.8. The van der Waals surface area contributed by atoms with Crippen molar-refractivity contribution in [3.63, 3.8) is 0 Å². The second-order valence-corrected chi connectivity index (χ2v) is 11.2. The van der Waals surface area contributed by atoms with Gasteiger partial charge in [-0.25, -0.2) is 0 Å². The van der Waals surface area contributed by atoms with Gasteiger partial charge in [0.05, 0.1) is 17.3 Å². The molecule has 1 saturated carbocycles. The molecule has 1 aromatic carbocycles. The number of fused-ring (bicyclic) bond motifs is 3. The quantitative estimate of drug-likeness (QED) is 0.0939. The molecule has 0 radical (unpaired) electrons. The van der Waals surface area contributed by atoms with Crippen molar-refractivity contribution >= 4 is 45.0 Å². The molecular formula is C25H34N4O11S. The lowest BCUT2D eigenvalue weighted by Gasteiger charge is -2.50. The summed E-state index contributed by atoms with van der Waals surface area (Å²) >= 11 is 0. The Balaban J connectivity index is 0.000000850. The van der Waals surface area contributed by atoms with Crippen LogP contribution in [0.3, 0.4) is 0 Å². The Kier molecular flexibility index (Phi) is 8.49. The molecule has 0 bridgehead atoms. The van der Waals surface area contributed by atoms with Gasteiger partial charge in [-0.15, -0.1) is 0 Å². The molecule has 2 unspecified atom stereocenters. The number of benzene rings is 1. The Bertz CT molecular complexity index is 1470. The number of Topliss-reactive ketones (excluding diaryl/α,β-unsaturated/α-hetero) is 2. The fourth-order valence-electron chi connectivity index (χ4n) is 6.16. The molecule has 3 aliphatic rings. The minimum absolute atomic E-state index is 0.00631. The van der Waals surface area contributed by atoms with Crippen LogP contribution in [0.1, 0.15) is 31.4 Å². The first kappa shape index (κ1) is 31.8. The van der Waals surface area contributed by atoms with Gasteiger partial charge in [0.1, 0.15) is 22.8 Å². The van der Waals surface area contributed by atoms with Crippen molar-refractivity contribution in [2.75, 3.05) is 37.8 Å². The van der Waals surface area contributed by atoms with Crippen molar-refractivity contribution in [1.82, 2.24) is 4.90 Å². The van der Waals surface area contributed by atoms with Crippen LogP contribution >= 0.6 is 0 Å². The number of aliphatic hydroxyl groups is 3. The molecule has 4 atom stereocenters. The highest BCUT2D eigenvalue weighted by molar-refractivity contribution is 7.79. The zero-order chi connectivity index (χ0) is 31.4. The van der Waals surface area contributed by atoms with Crippen LogP contribution in [0.5, 0.6) is 5.75 Å². The van der Waals surface area contributed by atoms with Crippen LogP contribution < -0.4 is 16.4 Å². The van der Waals surface area contributed by atoms with E-state index in [9.17, 15) is 34.8 Å². The normalized spacial score (nSPS) is 25.7. The number of aromatic hydroxyl groups is 1. The third-order valence-corrected chi connectivity index (χ3v) is 7.83. The summed E-state index contributed by atoms with van der Waals surface area (Å²) in [6.45, 7) is 5.16. The van der Waals surface area contributed by atoms with E-state index in [2.05, 4.69) is 0 Å². The number of nitrogen functional groups attached to an aromatic ring is 1. The molecule has 16 heteroatoms. The van der Waals surface area contributed by atoms with E-state index in [-0.39, 0.29) is 29.7 Å². The van der Waals surface area contributed by atoms with E-state index < -0.39 is 74.2 Å². The lowest BCUT2D eigenvalue weighted by atomic mass is 9.57. The van der Waals surface area contributed by atoms with Crippen LogP contribution in [0.15, 0.2) is 23.0 Å². The van der Waals surface area contributed by atoms with Crippen molar-refractivity contribution in [2.45, 2.75) is 38.3 Å². The van der Waals surface area contributed by atoms with E-state index in [0.29, 0.717) is 24.3 Å². The fourth-order valence-corrected chi connectivity index (χ4v) is 6.16. The minimum atomic E-state index is -4.67. The first-order valence-corrected chi connectivity index (χ1v) is 14.0. The maximum absolute atomic E-state index is 13.8. The van der Waals surface area contributed by atoms with Crippen molar-refractivity contribution < 1.29 is 52.3 Å². The summed E-state index contributed by atoms with van der Waals surface area (Å²) in [5.74, 6) is -6.91. The number of nitrogens with two attached hydrogens (primary N) is 2. The van der Waals surface area contributed by atoms with Gasteiger partial charge in [0.25, 0.3) is 5.91 Å². The Morgan fingerprint density at radius 1 is 1.12 bits per heavy atom. The van der Waals surface area contributed by atoms with E-state index in [4.69, 9.17) is 29.0 Å². The molecule has 10 N–H and O–H groups in total. The van der Waals surface area contributed by atoms with E-state index in [1.807, 2.05) is 18.7 Å². The number of carbonyl (C=O) groups excluding carboxylic acids is 3. The summed E-state index contributed by atoms with van der Waals surface area (Å²) in [5.41, 5.74) is 8.97. The molecule has 0 aliphatic heterocycles. The van der Waals surface area contributed by atoms with Gasteiger partial charge in [0.2, 0.25) is 5.78 Å². The number of anilines is 2. The van der Waals surface area contributed by atoms with Crippen LogP contribution in [-0.4, -0.2) is 99.2 Å². The molecule has 3 aliphatic carbocycles. The number of carbonyl (C=O) groups is 3. The Hall–Kier alpha value is -3.70. The molecule has 226 valence electrons. The highest BCUT2D eigenvalue weighted by Gasteiger charge is 2.64. The number of likely N-dealkylation sites (N-methyl/N-ethyl adjacent to an activating group) is 1. The number of hydrogen-bond donors (Lipinski definition) is 8. The van der Waals surface area contributed by atoms with Crippen molar-refractivity contribution in [3.8, 4) is 5.75 Å². The molecule has 0 aromatic heterocycles. The summed E-state index contributed by atoms with van der Waals surface area (Å²) in [4.78, 5) is 42.5. The van der Waals surface area contributed by atoms with Crippen molar-refractivity contribution in [2.24, 2.45) is 17.6 Å². The van der Waals surface area contributed by atoms with Gasteiger partial charge < -0.3 is 36.8 Å². The molecule has 4 rings (SSSR count). The van der Waals surface area contributed by atoms with Crippen LogP contribution in [0.25, 0.3) is 5.76 Å². The molecular weight excluding hydrogens is 564 g/mol. The number of amides is 1. The lowest BCUT2D eigenvalue weighted by molar-refractivity contribution is -0.153. The summed E-state index contributed by atoms with van der Waals surface area (Å²) in [6.07, 6.45) is 0.253. The average Bonchev–Trinajstić information content (AvgIpc) is 2.83. The topological polar surface area (TPSA) is 265 Å². The Labute approximate surface area is 235 Å². The number of ketones is 2. The number of hydrogen-bond acceptors (Lipinski definition) is 12. The van der Waals surface area contributed by atoms with Gasteiger partial charge in [-0.2, -0.15) is 8.42 Å². The molecule has 41 heavy (non-hydrogen) atoms. The predicted molar refractivity (Wildman–Crippen MR) is 146 cm³/mol. The fraction of sp³-hybridized carbons (Fsp3) is 0.480. The third-order valence-electron chi connectivity index (χ3n) is 7.83. The number of aliphatic hydroxyl groups excluding tert-OH is 2. The van der Waals surface area contributed by atoms with Crippen LogP contribution in [0.2, 0.25) is 0 Å². The monoisotopic (exact) mass is 598 g/mol. The molecule has 15 nitrogen and oxygen atoms in total. The zero-order valence-corrected chi connectivity index (χ0v) is 23.6. The van der Waals surface area contributed by atoms with Gasteiger partial charge in [0.15, 0.2) is 11.4 Å². The standard InChI is InChI=1S/C25H32N4O7.H2O4S/c1-5-29(6-2)14-9-13(26)19(30)16-11(14)7-10-8-12-18(28(3)4)21(32)17(24(27)35)23(34)25(12,36)22(33)15(10)20(16)31;1-5(2,3)4/h9-10,12,18,30-31,34,36H,5-8,26H2,1-4H3,(H2,27,35);(H2,1,2,3,4)/t10?,12?,18-,25-;/m0./s1. The van der Waals surface area contributed by atoms with Crippen LogP contribution in [0, 0.1) is 11.8 Å². The van der Waals surface area contributed by atoms with Crippen LogP contribution in [-0.2, 0) is 31.2 Å². The highest BCUT2D eigenvalue weighted by atomic mass is 32.3. The van der Waals surface area contributed by atoms with Crippen molar-refractivity contribution in [3.05, 3.63) is 34.1 Å². The summed E-state index contributed by atoms with van der Waals surface area (Å²) < 4.78 is 31.6. The SMILES string of the molecule is CCN(CC)c1cc(N)c(O)c2c1CC1CC3[C@H](N(C)C)C(=O)C(C(N)=O)=C(O)[C@@]3(O)C(=O)C1=C2O.O=S(=O)(O)O. The highest BCUT2D eigenvalue weighted by Crippen LogP contribution is 2.54. The smallest absolute Gasteiger partial charge is 0.394 e. The van der Waals surface area contributed by atoms with Gasteiger partial charge in [0, 0.05) is 30.3 Å². The first-order valence-electron chi connectivity index (χ1n) is 12.6. The third kappa shape index (κ3) is 5.24. The van der Waals surface area contributed by atoms with Crippen molar-refractivity contribution in [1.29, 1.82) is 0 Å². The number of rotatable bonds is 5. The maximum atomic E-state index is 13.8.